The van der Waals surface area contributed by atoms with E-state index >= 15 is 0 Å². The molecule has 0 unspecified atom stereocenters. The van der Waals surface area contributed by atoms with Crippen LogP contribution in [-0.2, 0) is 19.6 Å². The van der Waals surface area contributed by atoms with Crippen molar-refractivity contribution in [2.24, 2.45) is 4.99 Å². The van der Waals surface area contributed by atoms with Crippen LogP contribution in [0.5, 0.6) is 5.88 Å². The van der Waals surface area contributed by atoms with Crippen molar-refractivity contribution in [1.82, 2.24) is 9.88 Å². The van der Waals surface area contributed by atoms with E-state index in [1.165, 1.54) is 11.3 Å². The van der Waals surface area contributed by atoms with E-state index in [0.717, 1.165) is 11.1 Å². The lowest BCUT2D eigenvalue weighted by molar-refractivity contribution is 0.419. The molecule has 0 atom stereocenters. The molecule has 1 aromatic heterocycles. The van der Waals surface area contributed by atoms with E-state index in [4.69, 9.17) is 17.2 Å². The van der Waals surface area contributed by atoms with Crippen LogP contribution in [0.3, 0.4) is 0 Å². The minimum absolute atomic E-state index is 0.176. The zero-order valence-corrected chi connectivity index (χ0v) is 16.2. The van der Waals surface area contributed by atoms with Crippen LogP contribution in [0.4, 0.5) is 0 Å². The number of rotatable bonds is 6. The fourth-order valence-corrected chi connectivity index (χ4v) is 3.97. The number of nitrogens with one attached hydrogen (secondary N) is 1. The maximum absolute atomic E-state index is 10.6. The number of benzene rings is 2. The summed E-state index contributed by atoms with van der Waals surface area (Å²) < 4.78 is 2.37. The van der Waals surface area contributed by atoms with Gasteiger partial charge in [0.25, 0.3) is 0 Å². The molecule has 0 aliphatic carbocycles. The normalized spacial score (nSPS) is 11.5. The zero-order valence-electron chi connectivity index (χ0n) is 14.6. The number of aliphatic imine (C=N–C) groups is 1. The lowest BCUT2D eigenvalue weighted by Gasteiger charge is -2.10. The van der Waals surface area contributed by atoms with Gasteiger partial charge in [0.05, 0.1) is 6.54 Å². The highest BCUT2D eigenvalue weighted by Crippen LogP contribution is 2.26. The molecule has 26 heavy (non-hydrogen) atoms. The molecule has 1 heterocycles. The van der Waals surface area contributed by atoms with Gasteiger partial charge in [0.15, 0.2) is 3.95 Å². The first kappa shape index (κ1) is 18.4. The van der Waals surface area contributed by atoms with E-state index < -0.39 is 0 Å². The Hall–Kier alpha value is -2.44. The third-order valence-corrected chi connectivity index (χ3v) is 5.41. The predicted octanol–water partition coefficient (Wildman–Crippen LogP) is 4.74. The topological polar surface area (TPSA) is 49.5 Å². The second-order valence-electron chi connectivity index (χ2n) is 5.75. The van der Waals surface area contributed by atoms with E-state index in [-0.39, 0.29) is 5.88 Å². The van der Waals surface area contributed by atoms with Crippen molar-refractivity contribution in [3.63, 3.8) is 0 Å². The number of aromatic nitrogens is 1. The summed E-state index contributed by atoms with van der Waals surface area (Å²) in [7, 11) is 0. The van der Waals surface area contributed by atoms with Crippen LogP contribution in [0, 0.1) is 3.95 Å². The summed E-state index contributed by atoms with van der Waals surface area (Å²) in [5.74, 6) is 0.841. The fourth-order valence-electron chi connectivity index (χ4n) is 2.57. The Morgan fingerprint density at radius 1 is 1.08 bits per heavy atom. The number of thiazole rings is 1. The average molecular weight is 384 g/mol. The largest absolute Gasteiger partial charge is 0.493 e. The third-order valence-electron chi connectivity index (χ3n) is 3.97. The molecule has 0 radical (unpaired) electrons. The molecule has 6 heteroatoms. The maximum Gasteiger partial charge on any atom is 0.214 e. The van der Waals surface area contributed by atoms with Crippen molar-refractivity contribution < 1.29 is 5.11 Å². The van der Waals surface area contributed by atoms with Crippen LogP contribution in [0.25, 0.3) is 0 Å². The van der Waals surface area contributed by atoms with Gasteiger partial charge in [-0.05, 0) is 30.3 Å². The van der Waals surface area contributed by atoms with Crippen molar-refractivity contribution >= 4 is 29.4 Å². The molecule has 0 fully saturated rings. The Morgan fingerprint density at radius 2 is 1.69 bits per heavy atom. The molecule has 2 aromatic carbocycles. The van der Waals surface area contributed by atoms with Crippen LogP contribution < -0.4 is 5.32 Å². The standard InChI is InChI=1S/C20H21N3OS2/c1-2-23-19(24)17(26-20(23)25)18(21-13-15-9-5-3-6-10-15)22-14-16-11-7-4-8-12-16/h3-12,24H,2,13-14H2,1H3,(H,21,22). The summed E-state index contributed by atoms with van der Waals surface area (Å²) in [6, 6.07) is 20.2. The number of amidine groups is 1. The molecule has 0 aliphatic heterocycles. The highest BCUT2D eigenvalue weighted by Gasteiger charge is 2.16. The molecule has 0 aliphatic rings. The average Bonchev–Trinajstić information content (AvgIpc) is 2.97. The second kappa shape index (κ2) is 8.78. The maximum atomic E-state index is 10.6. The van der Waals surface area contributed by atoms with Crippen LogP contribution in [0.15, 0.2) is 65.7 Å². The summed E-state index contributed by atoms with van der Waals surface area (Å²) in [5, 5.41) is 13.9. The second-order valence-corrected chi connectivity index (χ2v) is 7.40. The van der Waals surface area contributed by atoms with Gasteiger partial charge >= 0.3 is 0 Å². The number of hydrogen-bond donors (Lipinski definition) is 2. The van der Waals surface area contributed by atoms with Gasteiger partial charge < -0.3 is 10.4 Å². The third kappa shape index (κ3) is 4.39. The summed E-state index contributed by atoms with van der Waals surface area (Å²) >= 11 is 6.75. The Bertz CT molecular complexity index is 931. The van der Waals surface area contributed by atoms with E-state index in [9.17, 15) is 5.11 Å². The van der Waals surface area contributed by atoms with Gasteiger partial charge in [-0.15, -0.1) is 0 Å². The van der Waals surface area contributed by atoms with Crippen molar-refractivity contribution in [2.75, 3.05) is 0 Å². The van der Waals surface area contributed by atoms with Crippen LogP contribution >= 0.6 is 23.6 Å². The molecule has 0 bridgehead atoms. The first-order valence-electron chi connectivity index (χ1n) is 8.48. The van der Waals surface area contributed by atoms with Gasteiger partial charge in [0, 0.05) is 13.1 Å². The van der Waals surface area contributed by atoms with E-state index in [1.54, 1.807) is 4.57 Å². The molecular formula is C20H21N3OS2. The molecule has 0 spiro atoms. The number of hydrogen-bond acceptors (Lipinski definition) is 4. The van der Waals surface area contributed by atoms with E-state index in [1.807, 2.05) is 55.5 Å². The number of nitrogens with zero attached hydrogens (tertiary/aromatic N) is 2. The van der Waals surface area contributed by atoms with Gasteiger partial charge in [-0.3, -0.25) is 9.56 Å². The van der Waals surface area contributed by atoms with Crippen molar-refractivity contribution in [3.05, 3.63) is 80.6 Å². The SMILES string of the molecule is CCn1c(O)c(C(=NCc2ccccc2)NCc2ccccc2)sc1=S. The Morgan fingerprint density at radius 3 is 2.27 bits per heavy atom. The molecular weight excluding hydrogens is 362 g/mol. The number of aromatic hydroxyl groups is 1. The molecule has 0 amide bonds. The summed E-state index contributed by atoms with van der Waals surface area (Å²) in [6.45, 7) is 3.76. The first-order chi connectivity index (χ1) is 12.7. The highest BCUT2D eigenvalue weighted by molar-refractivity contribution is 7.73. The Balaban J connectivity index is 1.89. The first-order valence-corrected chi connectivity index (χ1v) is 9.70. The molecule has 2 N–H and O–H groups in total. The van der Waals surface area contributed by atoms with Gasteiger partial charge in [0.2, 0.25) is 5.88 Å². The van der Waals surface area contributed by atoms with Crippen LogP contribution in [-0.4, -0.2) is 15.5 Å². The van der Waals surface area contributed by atoms with E-state index in [0.29, 0.717) is 34.3 Å². The molecule has 0 saturated heterocycles. The molecule has 4 nitrogen and oxygen atoms in total. The van der Waals surface area contributed by atoms with Crippen molar-refractivity contribution in [3.8, 4) is 5.88 Å². The zero-order chi connectivity index (χ0) is 18.4. The highest BCUT2D eigenvalue weighted by atomic mass is 32.1. The summed E-state index contributed by atoms with van der Waals surface area (Å²) in [4.78, 5) is 5.41. The van der Waals surface area contributed by atoms with Gasteiger partial charge in [-0.2, -0.15) is 0 Å². The Labute approximate surface area is 162 Å². The van der Waals surface area contributed by atoms with Gasteiger partial charge in [0.1, 0.15) is 10.7 Å². The van der Waals surface area contributed by atoms with Crippen molar-refractivity contribution in [1.29, 1.82) is 0 Å². The minimum Gasteiger partial charge on any atom is -0.493 e. The quantitative estimate of drug-likeness (QED) is 0.367. The fraction of sp³-hybridized carbons (Fsp3) is 0.200. The molecule has 3 rings (SSSR count). The molecule has 3 aromatic rings. The van der Waals surface area contributed by atoms with Crippen molar-refractivity contribution in [2.45, 2.75) is 26.6 Å². The lowest BCUT2D eigenvalue weighted by atomic mass is 10.2. The summed E-state index contributed by atoms with van der Waals surface area (Å²) in [6.07, 6.45) is 0. The van der Waals surface area contributed by atoms with Crippen LogP contribution in [0.2, 0.25) is 0 Å². The monoisotopic (exact) mass is 383 g/mol. The smallest absolute Gasteiger partial charge is 0.214 e. The summed E-state index contributed by atoms with van der Waals surface area (Å²) in [5.41, 5.74) is 2.27. The lowest BCUT2D eigenvalue weighted by Crippen LogP contribution is -2.23. The minimum atomic E-state index is 0.176. The van der Waals surface area contributed by atoms with Crippen LogP contribution in [0.1, 0.15) is 22.9 Å². The van der Waals surface area contributed by atoms with E-state index in [2.05, 4.69) is 17.4 Å². The van der Waals surface area contributed by atoms with Gasteiger partial charge in [-0.1, -0.05) is 72.0 Å². The molecule has 134 valence electrons. The van der Waals surface area contributed by atoms with Gasteiger partial charge in [-0.25, -0.2) is 0 Å². The Kier molecular flexibility index (Phi) is 6.20. The predicted molar refractivity (Wildman–Crippen MR) is 110 cm³/mol. The molecule has 0 saturated carbocycles.